The number of amides is 1. The number of ether oxygens (including phenoxy) is 1. The zero-order valence-corrected chi connectivity index (χ0v) is 16.5. The van der Waals surface area contributed by atoms with E-state index in [1.54, 1.807) is 31.2 Å². The molecule has 25 heavy (non-hydrogen) atoms. The summed E-state index contributed by atoms with van der Waals surface area (Å²) in [6.45, 7) is 8.82. The van der Waals surface area contributed by atoms with Crippen molar-refractivity contribution in [3.05, 3.63) is 35.6 Å². The highest BCUT2D eigenvalue weighted by Gasteiger charge is 2.59. The van der Waals surface area contributed by atoms with E-state index in [4.69, 9.17) is 4.74 Å². The average molecular weight is 350 g/mol. The molecule has 3 unspecified atom stereocenters. The van der Waals surface area contributed by atoms with Gasteiger partial charge >= 0.3 is 0 Å². The molecule has 5 heteroatoms. The maximum atomic E-state index is 13.1. The van der Waals surface area contributed by atoms with Crippen LogP contribution in [0.15, 0.2) is 24.3 Å². The van der Waals surface area contributed by atoms with Gasteiger partial charge in [0.1, 0.15) is 5.82 Å². The van der Waals surface area contributed by atoms with Gasteiger partial charge in [-0.15, -0.1) is 0 Å². The zero-order valence-electron chi connectivity index (χ0n) is 16.5. The van der Waals surface area contributed by atoms with Crippen LogP contribution in [0.2, 0.25) is 0 Å². The molecule has 0 aromatic heterocycles. The van der Waals surface area contributed by atoms with Crippen molar-refractivity contribution in [3.63, 3.8) is 0 Å². The monoisotopic (exact) mass is 350 g/mol. The zero-order chi connectivity index (χ0) is 19.0. The minimum Gasteiger partial charge on any atom is -0.378 e. The molecule has 140 valence electrons. The van der Waals surface area contributed by atoms with Crippen molar-refractivity contribution in [1.29, 1.82) is 0 Å². The Morgan fingerprint density at radius 3 is 2.32 bits per heavy atom. The smallest absolute Gasteiger partial charge is 0.236 e. The van der Waals surface area contributed by atoms with Gasteiger partial charge in [0, 0.05) is 25.6 Å². The summed E-state index contributed by atoms with van der Waals surface area (Å²) in [6.07, 6.45) is 0.914. The Bertz CT molecular complexity index is 617. The van der Waals surface area contributed by atoms with Crippen molar-refractivity contribution >= 4 is 5.91 Å². The Kier molecular flexibility index (Phi) is 5.59. The van der Waals surface area contributed by atoms with Crippen LogP contribution < -0.4 is 0 Å². The molecule has 3 atom stereocenters. The molecule has 0 radical (unpaired) electrons. The summed E-state index contributed by atoms with van der Waals surface area (Å²) in [5, 5.41) is 0. The highest BCUT2D eigenvalue weighted by molar-refractivity contribution is 5.78. The lowest BCUT2D eigenvalue weighted by molar-refractivity contribution is -0.206. The van der Waals surface area contributed by atoms with Crippen molar-refractivity contribution in [2.75, 3.05) is 27.7 Å². The van der Waals surface area contributed by atoms with Crippen LogP contribution in [0.1, 0.15) is 45.7 Å². The molecule has 4 nitrogen and oxygen atoms in total. The van der Waals surface area contributed by atoms with Crippen LogP contribution in [0.25, 0.3) is 0 Å². The van der Waals surface area contributed by atoms with E-state index < -0.39 is 0 Å². The molecule has 0 heterocycles. The molecule has 0 spiro atoms. The number of halogens is 1. The summed E-state index contributed by atoms with van der Waals surface area (Å²) < 4.78 is 18.8. The SMILES string of the molecule is COC1(C)CC(N(C)CC(=O)N(C)C(C)c2ccc(F)cc2)C1(C)C. The van der Waals surface area contributed by atoms with Crippen LogP contribution in [0, 0.1) is 11.2 Å². The molecule has 0 bridgehead atoms. The largest absolute Gasteiger partial charge is 0.378 e. The van der Waals surface area contributed by atoms with Gasteiger partial charge in [-0.3, -0.25) is 9.69 Å². The molecule has 1 aliphatic rings. The first-order chi connectivity index (χ1) is 11.5. The van der Waals surface area contributed by atoms with Gasteiger partial charge in [-0.25, -0.2) is 4.39 Å². The van der Waals surface area contributed by atoms with Gasteiger partial charge in [-0.2, -0.15) is 0 Å². The van der Waals surface area contributed by atoms with Crippen molar-refractivity contribution in [3.8, 4) is 0 Å². The third-order valence-electron chi connectivity index (χ3n) is 6.47. The summed E-state index contributed by atoms with van der Waals surface area (Å²) in [5.74, 6) is -0.209. The summed E-state index contributed by atoms with van der Waals surface area (Å²) >= 11 is 0. The number of nitrogens with zero attached hydrogens (tertiary/aromatic N) is 2. The number of methoxy groups -OCH3 is 1. The van der Waals surface area contributed by atoms with Crippen molar-refractivity contribution < 1.29 is 13.9 Å². The molecule has 1 amide bonds. The molecule has 0 saturated heterocycles. The minimum atomic E-state index is -0.266. The lowest BCUT2D eigenvalue weighted by Crippen LogP contribution is -2.68. The van der Waals surface area contributed by atoms with Crippen LogP contribution >= 0.6 is 0 Å². The fourth-order valence-corrected chi connectivity index (χ4v) is 3.78. The molecule has 1 aromatic rings. The molecule has 0 N–H and O–H groups in total. The second kappa shape index (κ2) is 7.04. The van der Waals surface area contributed by atoms with E-state index in [1.165, 1.54) is 12.1 Å². The lowest BCUT2D eigenvalue weighted by atomic mass is 9.55. The number of carbonyl (C=O) groups is 1. The van der Waals surface area contributed by atoms with Gasteiger partial charge in [-0.1, -0.05) is 26.0 Å². The topological polar surface area (TPSA) is 32.8 Å². The molecule has 1 aromatic carbocycles. The summed E-state index contributed by atoms with van der Waals surface area (Å²) in [7, 11) is 5.55. The highest BCUT2D eigenvalue weighted by Crippen LogP contribution is 2.53. The third-order valence-corrected chi connectivity index (χ3v) is 6.47. The Morgan fingerprint density at radius 2 is 1.84 bits per heavy atom. The molecule has 1 saturated carbocycles. The number of rotatable bonds is 6. The predicted molar refractivity (Wildman–Crippen MR) is 97.8 cm³/mol. The standard InChI is InChI=1S/C20H31FN2O2/c1-14(15-8-10-16(21)11-9-15)23(6)18(24)13-22(5)17-12-20(4,25-7)19(17,2)3/h8-11,14,17H,12-13H2,1-7H3. The van der Waals surface area contributed by atoms with Gasteiger partial charge in [0.2, 0.25) is 5.91 Å². The van der Waals surface area contributed by atoms with Crippen molar-refractivity contribution in [2.45, 2.75) is 51.8 Å². The van der Waals surface area contributed by atoms with Crippen LogP contribution in [0.4, 0.5) is 4.39 Å². The van der Waals surface area contributed by atoms with Crippen LogP contribution in [0.3, 0.4) is 0 Å². The second-order valence-electron chi connectivity index (χ2n) is 8.02. The van der Waals surface area contributed by atoms with Crippen molar-refractivity contribution in [2.24, 2.45) is 5.41 Å². The molecule has 2 rings (SSSR count). The van der Waals surface area contributed by atoms with E-state index in [1.807, 2.05) is 14.0 Å². The first kappa shape index (κ1) is 19.9. The van der Waals surface area contributed by atoms with E-state index in [2.05, 4.69) is 25.7 Å². The van der Waals surface area contributed by atoms with Crippen molar-refractivity contribution in [1.82, 2.24) is 9.80 Å². The number of hydrogen-bond donors (Lipinski definition) is 0. The fourth-order valence-electron chi connectivity index (χ4n) is 3.78. The quantitative estimate of drug-likeness (QED) is 0.787. The van der Waals surface area contributed by atoms with Gasteiger partial charge in [0.05, 0.1) is 18.2 Å². The Balaban J connectivity index is 1.98. The molecule has 1 aliphatic carbocycles. The first-order valence-corrected chi connectivity index (χ1v) is 8.80. The minimum absolute atomic E-state index is 0.0159. The maximum absolute atomic E-state index is 13.1. The summed E-state index contributed by atoms with van der Waals surface area (Å²) in [6, 6.07) is 6.52. The van der Waals surface area contributed by atoms with Crippen LogP contribution in [-0.2, 0) is 9.53 Å². The fraction of sp³-hybridized carbons (Fsp3) is 0.650. The van der Waals surface area contributed by atoms with E-state index in [0.717, 1.165) is 12.0 Å². The third kappa shape index (κ3) is 3.58. The van der Waals surface area contributed by atoms with Crippen LogP contribution in [-0.4, -0.2) is 55.1 Å². The summed E-state index contributed by atoms with van der Waals surface area (Å²) in [4.78, 5) is 16.5. The van der Waals surface area contributed by atoms with E-state index in [-0.39, 0.29) is 28.8 Å². The number of hydrogen-bond acceptors (Lipinski definition) is 3. The average Bonchev–Trinajstić information content (AvgIpc) is 2.58. The second-order valence-corrected chi connectivity index (χ2v) is 8.02. The lowest BCUT2D eigenvalue weighted by Gasteiger charge is -2.61. The van der Waals surface area contributed by atoms with E-state index in [9.17, 15) is 9.18 Å². The summed E-state index contributed by atoms with van der Waals surface area (Å²) in [5.41, 5.74) is 0.760. The van der Waals surface area contributed by atoms with E-state index >= 15 is 0 Å². The Hall–Kier alpha value is -1.46. The normalized spacial score (nSPS) is 26.2. The molecule has 1 fully saturated rings. The Morgan fingerprint density at radius 1 is 1.28 bits per heavy atom. The number of benzene rings is 1. The van der Waals surface area contributed by atoms with Gasteiger partial charge in [-0.05, 0) is 45.0 Å². The van der Waals surface area contributed by atoms with Gasteiger partial charge in [0.15, 0.2) is 0 Å². The maximum Gasteiger partial charge on any atom is 0.236 e. The molecular weight excluding hydrogens is 319 g/mol. The number of likely N-dealkylation sites (N-methyl/N-ethyl adjacent to an activating group) is 2. The molecule has 0 aliphatic heterocycles. The highest BCUT2D eigenvalue weighted by atomic mass is 19.1. The van der Waals surface area contributed by atoms with E-state index in [0.29, 0.717) is 12.6 Å². The molecular formula is C20H31FN2O2. The Labute approximate surface area is 150 Å². The van der Waals surface area contributed by atoms with Gasteiger partial charge < -0.3 is 9.64 Å². The van der Waals surface area contributed by atoms with Crippen LogP contribution in [0.5, 0.6) is 0 Å². The predicted octanol–water partition coefficient (Wildman–Crippen LogP) is 3.48. The van der Waals surface area contributed by atoms with Gasteiger partial charge in [0.25, 0.3) is 0 Å². The number of carbonyl (C=O) groups excluding carboxylic acids is 1. The first-order valence-electron chi connectivity index (χ1n) is 8.80.